The van der Waals surface area contributed by atoms with Crippen molar-refractivity contribution < 1.29 is 4.42 Å². The minimum absolute atomic E-state index is 0.0482. The molecule has 0 radical (unpaired) electrons. The molecule has 1 unspecified atom stereocenters. The Morgan fingerprint density at radius 2 is 2.13 bits per heavy atom. The van der Waals surface area contributed by atoms with Crippen molar-refractivity contribution in [1.82, 2.24) is 0 Å². The normalized spacial score (nSPS) is 12.9. The van der Waals surface area contributed by atoms with Gasteiger partial charge in [0.15, 0.2) is 0 Å². The van der Waals surface area contributed by atoms with Crippen molar-refractivity contribution in [3.8, 4) is 0 Å². The summed E-state index contributed by atoms with van der Waals surface area (Å²) < 4.78 is 5.02. The van der Waals surface area contributed by atoms with Crippen LogP contribution < -0.4 is 5.73 Å². The molecule has 0 amide bonds. The highest BCUT2D eigenvalue weighted by molar-refractivity contribution is 7.11. The van der Waals surface area contributed by atoms with Crippen LogP contribution in [0.1, 0.15) is 28.3 Å². The van der Waals surface area contributed by atoms with E-state index in [-0.39, 0.29) is 6.04 Å². The molecule has 15 heavy (non-hydrogen) atoms. The zero-order chi connectivity index (χ0) is 10.7. The fourth-order valence-corrected chi connectivity index (χ4v) is 2.56. The fraction of sp³-hybridized carbons (Fsp3) is 0.333. The predicted molar refractivity (Wildman–Crippen MR) is 63.0 cm³/mol. The van der Waals surface area contributed by atoms with Crippen molar-refractivity contribution in [3.05, 3.63) is 46.0 Å². The summed E-state index contributed by atoms with van der Waals surface area (Å²) in [5.74, 6) is 0. The first-order valence-electron chi connectivity index (χ1n) is 5.15. The molecule has 2 aromatic rings. The lowest BCUT2D eigenvalue weighted by Gasteiger charge is -2.06. The molecule has 0 fully saturated rings. The Kier molecular flexibility index (Phi) is 3.23. The maximum absolute atomic E-state index is 6.07. The van der Waals surface area contributed by atoms with Gasteiger partial charge < -0.3 is 10.2 Å². The summed E-state index contributed by atoms with van der Waals surface area (Å²) in [5, 5.41) is 0. The van der Waals surface area contributed by atoms with Gasteiger partial charge >= 0.3 is 0 Å². The predicted octanol–water partition coefficient (Wildman–Crippen LogP) is 3.15. The van der Waals surface area contributed by atoms with Crippen molar-refractivity contribution in [2.45, 2.75) is 25.8 Å². The van der Waals surface area contributed by atoms with Crippen LogP contribution >= 0.6 is 11.3 Å². The van der Waals surface area contributed by atoms with Gasteiger partial charge in [0, 0.05) is 27.8 Å². The summed E-state index contributed by atoms with van der Waals surface area (Å²) in [4.78, 5) is 2.77. The first-order chi connectivity index (χ1) is 7.29. The zero-order valence-corrected chi connectivity index (χ0v) is 9.59. The Hall–Kier alpha value is -1.06. The van der Waals surface area contributed by atoms with Crippen LogP contribution in [-0.2, 0) is 12.8 Å². The van der Waals surface area contributed by atoms with Crippen LogP contribution in [0.2, 0.25) is 0 Å². The van der Waals surface area contributed by atoms with Crippen LogP contribution in [0.5, 0.6) is 0 Å². The second kappa shape index (κ2) is 4.64. The molecular formula is C12H15NOS. The van der Waals surface area contributed by atoms with E-state index in [0.717, 1.165) is 18.4 Å². The third kappa shape index (κ3) is 2.49. The van der Waals surface area contributed by atoms with Crippen molar-refractivity contribution in [2.24, 2.45) is 5.73 Å². The standard InChI is InChI=1S/C12H15NOS/c1-2-10-3-4-11(15-10)7-12(13)9-5-6-14-8-9/h3-6,8,12H,2,7,13H2,1H3. The summed E-state index contributed by atoms with van der Waals surface area (Å²) in [6.45, 7) is 2.17. The Labute approximate surface area is 93.7 Å². The minimum atomic E-state index is 0.0482. The Balaban J connectivity index is 2.02. The number of rotatable bonds is 4. The second-order valence-electron chi connectivity index (χ2n) is 3.59. The van der Waals surface area contributed by atoms with Gasteiger partial charge in [0.25, 0.3) is 0 Å². The lowest BCUT2D eigenvalue weighted by molar-refractivity contribution is 0.558. The lowest BCUT2D eigenvalue weighted by atomic mass is 10.1. The van der Waals surface area contributed by atoms with Crippen LogP contribution in [0.15, 0.2) is 35.1 Å². The quantitative estimate of drug-likeness (QED) is 0.861. The third-order valence-electron chi connectivity index (χ3n) is 2.46. The van der Waals surface area contributed by atoms with Gasteiger partial charge in [-0.1, -0.05) is 6.92 Å². The number of hydrogen-bond acceptors (Lipinski definition) is 3. The Bertz CT molecular complexity index is 405. The van der Waals surface area contributed by atoms with Crippen LogP contribution in [0.3, 0.4) is 0 Å². The molecule has 2 heterocycles. The number of hydrogen-bond donors (Lipinski definition) is 1. The van der Waals surface area contributed by atoms with Crippen molar-refractivity contribution in [1.29, 1.82) is 0 Å². The summed E-state index contributed by atoms with van der Waals surface area (Å²) in [5.41, 5.74) is 7.14. The molecule has 2 rings (SSSR count). The smallest absolute Gasteiger partial charge is 0.0950 e. The third-order valence-corrected chi connectivity index (χ3v) is 3.71. The Morgan fingerprint density at radius 1 is 1.33 bits per heavy atom. The summed E-state index contributed by atoms with van der Waals surface area (Å²) in [6.07, 6.45) is 5.38. The van der Waals surface area contributed by atoms with E-state index in [2.05, 4.69) is 19.1 Å². The summed E-state index contributed by atoms with van der Waals surface area (Å²) in [6, 6.07) is 6.33. The van der Waals surface area contributed by atoms with Crippen LogP contribution in [0.25, 0.3) is 0 Å². The lowest BCUT2D eigenvalue weighted by Crippen LogP contribution is -2.11. The average molecular weight is 221 g/mol. The molecule has 1 atom stereocenters. The molecular weight excluding hydrogens is 206 g/mol. The topological polar surface area (TPSA) is 39.2 Å². The van der Waals surface area contributed by atoms with Crippen molar-refractivity contribution in [3.63, 3.8) is 0 Å². The molecule has 0 aliphatic rings. The monoisotopic (exact) mass is 221 g/mol. The molecule has 2 nitrogen and oxygen atoms in total. The van der Waals surface area contributed by atoms with E-state index in [1.165, 1.54) is 9.75 Å². The van der Waals surface area contributed by atoms with Gasteiger partial charge in [-0.2, -0.15) is 0 Å². The van der Waals surface area contributed by atoms with Gasteiger partial charge in [0.1, 0.15) is 0 Å². The van der Waals surface area contributed by atoms with Crippen LogP contribution in [-0.4, -0.2) is 0 Å². The molecule has 0 saturated carbocycles. The van der Waals surface area contributed by atoms with E-state index in [1.54, 1.807) is 12.5 Å². The highest BCUT2D eigenvalue weighted by Crippen LogP contribution is 2.22. The highest BCUT2D eigenvalue weighted by Gasteiger charge is 2.09. The zero-order valence-electron chi connectivity index (χ0n) is 8.77. The molecule has 0 spiro atoms. The number of aryl methyl sites for hydroxylation is 1. The number of furan rings is 1. The van der Waals surface area contributed by atoms with E-state index in [1.807, 2.05) is 17.4 Å². The summed E-state index contributed by atoms with van der Waals surface area (Å²) >= 11 is 1.85. The molecule has 0 saturated heterocycles. The molecule has 80 valence electrons. The fourth-order valence-electron chi connectivity index (χ4n) is 1.54. The molecule has 0 aliphatic heterocycles. The van der Waals surface area contributed by atoms with E-state index >= 15 is 0 Å². The maximum atomic E-state index is 6.07. The minimum Gasteiger partial charge on any atom is -0.472 e. The molecule has 0 bridgehead atoms. The second-order valence-corrected chi connectivity index (χ2v) is 4.84. The van der Waals surface area contributed by atoms with Crippen LogP contribution in [0, 0.1) is 0 Å². The van der Waals surface area contributed by atoms with Gasteiger partial charge in [0.2, 0.25) is 0 Å². The molecule has 2 N–H and O–H groups in total. The average Bonchev–Trinajstić information content (AvgIpc) is 2.87. The van der Waals surface area contributed by atoms with Gasteiger partial charge in [0.05, 0.1) is 12.5 Å². The first kappa shape index (κ1) is 10.5. The number of thiophene rings is 1. The first-order valence-corrected chi connectivity index (χ1v) is 5.96. The highest BCUT2D eigenvalue weighted by atomic mass is 32.1. The van der Waals surface area contributed by atoms with Gasteiger partial charge in [-0.05, 0) is 24.6 Å². The molecule has 3 heteroatoms. The molecule has 0 aromatic carbocycles. The van der Waals surface area contributed by atoms with Gasteiger partial charge in [-0.15, -0.1) is 11.3 Å². The van der Waals surface area contributed by atoms with Crippen molar-refractivity contribution in [2.75, 3.05) is 0 Å². The molecule has 0 aliphatic carbocycles. The molecule has 2 aromatic heterocycles. The Morgan fingerprint density at radius 3 is 2.73 bits per heavy atom. The van der Waals surface area contributed by atoms with Gasteiger partial charge in [-0.25, -0.2) is 0 Å². The van der Waals surface area contributed by atoms with E-state index in [4.69, 9.17) is 10.2 Å². The van der Waals surface area contributed by atoms with Crippen LogP contribution in [0.4, 0.5) is 0 Å². The summed E-state index contributed by atoms with van der Waals surface area (Å²) in [7, 11) is 0. The largest absolute Gasteiger partial charge is 0.472 e. The van der Waals surface area contributed by atoms with Crippen molar-refractivity contribution >= 4 is 11.3 Å². The number of nitrogens with two attached hydrogens (primary N) is 1. The van der Waals surface area contributed by atoms with E-state index < -0.39 is 0 Å². The maximum Gasteiger partial charge on any atom is 0.0950 e. The van der Waals surface area contributed by atoms with Gasteiger partial charge in [-0.3, -0.25) is 0 Å². The van der Waals surface area contributed by atoms with E-state index in [0.29, 0.717) is 0 Å². The van der Waals surface area contributed by atoms with E-state index in [9.17, 15) is 0 Å². The SMILES string of the molecule is CCc1ccc(CC(N)c2ccoc2)s1.